The fraction of sp³-hybridized carbons (Fsp3) is 0.571. The van der Waals surface area contributed by atoms with Crippen LogP contribution in [0.15, 0.2) is 30.3 Å². The lowest BCUT2D eigenvalue weighted by molar-refractivity contribution is -0.165. The Labute approximate surface area is 111 Å². The predicted molar refractivity (Wildman–Crippen MR) is 68.6 cm³/mol. The summed E-state index contributed by atoms with van der Waals surface area (Å²) in [7, 11) is 0. The van der Waals surface area contributed by atoms with E-state index in [0.29, 0.717) is 19.4 Å². The number of alkyl halides is 3. The first-order valence-electron chi connectivity index (χ1n) is 6.57. The van der Waals surface area contributed by atoms with Crippen LogP contribution in [0.25, 0.3) is 0 Å². The van der Waals surface area contributed by atoms with Crippen LogP contribution in [0.2, 0.25) is 0 Å². The van der Waals surface area contributed by atoms with Gasteiger partial charge < -0.3 is 11.1 Å². The zero-order valence-corrected chi connectivity index (χ0v) is 10.7. The summed E-state index contributed by atoms with van der Waals surface area (Å²) in [5.74, 6) is 0. The number of benzene rings is 1. The molecule has 2 nitrogen and oxygen atoms in total. The molecule has 1 atom stereocenters. The Bertz CT molecular complexity index is 399. The molecule has 1 fully saturated rings. The van der Waals surface area contributed by atoms with Gasteiger partial charge in [-0.2, -0.15) is 13.2 Å². The normalized spacial score (nSPS) is 19.2. The van der Waals surface area contributed by atoms with E-state index in [-0.39, 0.29) is 18.9 Å². The minimum absolute atomic E-state index is 0.107. The van der Waals surface area contributed by atoms with Gasteiger partial charge >= 0.3 is 6.18 Å². The van der Waals surface area contributed by atoms with Gasteiger partial charge in [-0.05, 0) is 37.8 Å². The van der Waals surface area contributed by atoms with Gasteiger partial charge in [0, 0.05) is 6.04 Å². The average molecular weight is 272 g/mol. The van der Waals surface area contributed by atoms with E-state index >= 15 is 0 Å². The van der Waals surface area contributed by atoms with Crippen molar-refractivity contribution in [1.82, 2.24) is 5.32 Å². The summed E-state index contributed by atoms with van der Waals surface area (Å²) in [5, 5.41) is 2.64. The second kappa shape index (κ2) is 5.51. The Morgan fingerprint density at radius 2 is 1.84 bits per heavy atom. The van der Waals surface area contributed by atoms with Crippen LogP contribution in [-0.2, 0) is 0 Å². The Morgan fingerprint density at radius 3 is 2.37 bits per heavy atom. The molecule has 1 unspecified atom stereocenters. The Morgan fingerprint density at radius 1 is 1.21 bits per heavy atom. The van der Waals surface area contributed by atoms with E-state index in [1.54, 1.807) is 0 Å². The summed E-state index contributed by atoms with van der Waals surface area (Å²) in [5.41, 5.74) is 5.42. The van der Waals surface area contributed by atoms with Crippen LogP contribution in [-0.4, -0.2) is 18.3 Å². The molecule has 1 aromatic rings. The second-order valence-electron chi connectivity index (χ2n) is 5.17. The fourth-order valence-electron chi connectivity index (χ4n) is 2.20. The Hall–Kier alpha value is -1.07. The lowest BCUT2D eigenvalue weighted by atomic mass is 10.0. The molecule has 1 aliphatic carbocycles. The smallest absolute Gasteiger partial charge is 0.324 e. The molecule has 0 saturated heterocycles. The number of hydrogen-bond donors (Lipinski definition) is 2. The molecule has 0 aromatic heterocycles. The Balaban J connectivity index is 1.71. The minimum Gasteiger partial charge on any atom is -0.324 e. The summed E-state index contributed by atoms with van der Waals surface area (Å²) < 4.78 is 38.0. The quantitative estimate of drug-likeness (QED) is 0.781. The maximum Gasteiger partial charge on any atom is 0.406 e. The van der Waals surface area contributed by atoms with E-state index in [2.05, 4.69) is 5.32 Å². The van der Waals surface area contributed by atoms with Crippen molar-refractivity contribution >= 4 is 0 Å². The van der Waals surface area contributed by atoms with E-state index < -0.39 is 11.7 Å². The lowest BCUT2D eigenvalue weighted by Gasteiger charge is -2.21. The van der Waals surface area contributed by atoms with Gasteiger partial charge in [-0.15, -0.1) is 0 Å². The van der Waals surface area contributed by atoms with E-state index in [1.807, 2.05) is 30.3 Å². The fourth-order valence-corrected chi connectivity index (χ4v) is 2.20. The summed E-state index contributed by atoms with van der Waals surface area (Å²) >= 11 is 0. The molecular formula is C14H19F3N2. The van der Waals surface area contributed by atoms with Crippen molar-refractivity contribution in [3.05, 3.63) is 35.9 Å². The third kappa shape index (κ3) is 3.48. The zero-order chi connectivity index (χ0) is 13.9. The van der Waals surface area contributed by atoms with Crippen molar-refractivity contribution < 1.29 is 13.2 Å². The molecule has 1 aliphatic rings. The topological polar surface area (TPSA) is 38.0 Å². The van der Waals surface area contributed by atoms with Crippen molar-refractivity contribution in [1.29, 1.82) is 0 Å². The van der Waals surface area contributed by atoms with Gasteiger partial charge in [-0.3, -0.25) is 0 Å². The first-order valence-corrected chi connectivity index (χ1v) is 6.57. The van der Waals surface area contributed by atoms with Crippen LogP contribution < -0.4 is 11.1 Å². The highest BCUT2D eigenvalue weighted by molar-refractivity contribution is 5.18. The largest absolute Gasteiger partial charge is 0.406 e. The number of rotatable bonds is 6. The maximum absolute atomic E-state index is 12.7. The summed E-state index contributed by atoms with van der Waals surface area (Å²) in [6.07, 6.45) is -2.41. The van der Waals surface area contributed by atoms with E-state index in [9.17, 15) is 13.2 Å². The number of hydrogen-bond acceptors (Lipinski definition) is 2. The first kappa shape index (κ1) is 14.3. The number of halogens is 3. The van der Waals surface area contributed by atoms with Gasteiger partial charge in [0.15, 0.2) is 0 Å². The summed E-state index contributed by atoms with van der Waals surface area (Å²) in [6.45, 7) is 0.361. The van der Waals surface area contributed by atoms with Crippen molar-refractivity contribution in [3.63, 3.8) is 0 Å². The van der Waals surface area contributed by atoms with Gasteiger partial charge in [-0.1, -0.05) is 30.3 Å². The van der Waals surface area contributed by atoms with Gasteiger partial charge in [0.1, 0.15) is 5.54 Å². The first-order chi connectivity index (χ1) is 8.95. The third-order valence-electron chi connectivity index (χ3n) is 3.68. The highest BCUT2D eigenvalue weighted by Gasteiger charge is 2.62. The van der Waals surface area contributed by atoms with Crippen molar-refractivity contribution in [2.24, 2.45) is 5.73 Å². The molecule has 0 aliphatic heterocycles. The predicted octanol–water partition coefficient (Wildman–Crippen LogP) is 3.15. The molecule has 0 bridgehead atoms. The molecule has 19 heavy (non-hydrogen) atoms. The Kier molecular flexibility index (Phi) is 4.16. The molecule has 3 N–H and O–H groups in total. The monoisotopic (exact) mass is 272 g/mol. The summed E-state index contributed by atoms with van der Waals surface area (Å²) in [6, 6.07) is 9.51. The van der Waals surface area contributed by atoms with Gasteiger partial charge in [0.25, 0.3) is 0 Å². The van der Waals surface area contributed by atoms with E-state index in [1.165, 1.54) is 0 Å². The minimum atomic E-state index is -4.13. The standard InChI is InChI=1S/C14H19F3N2/c15-14(16,17)13(8-9-13)19-10-4-7-12(18)11-5-2-1-3-6-11/h1-3,5-6,12,19H,4,7-10,18H2. The van der Waals surface area contributed by atoms with Gasteiger partial charge in [0.2, 0.25) is 0 Å². The van der Waals surface area contributed by atoms with Crippen molar-refractivity contribution in [2.45, 2.75) is 43.4 Å². The van der Waals surface area contributed by atoms with Crippen molar-refractivity contribution in [2.75, 3.05) is 6.54 Å². The molecule has 2 rings (SSSR count). The van der Waals surface area contributed by atoms with Gasteiger partial charge in [-0.25, -0.2) is 0 Å². The number of nitrogens with one attached hydrogen (secondary N) is 1. The molecule has 0 spiro atoms. The molecule has 0 heterocycles. The third-order valence-corrected chi connectivity index (χ3v) is 3.68. The van der Waals surface area contributed by atoms with Crippen LogP contribution in [0.4, 0.5) is 13.2 Å². The molecule has 5 heteroatoms. The number of nitrogens with two attached hydrogens (primary N) is 1. The van der Waals surface area contributed by atoms with Crippen LogP contribution in [0, 0.1) is 0 Å². The van der Waals surface area contributed by atoms with E-state index in [0.717, 1.165) is 5.56 Å². The van der Waals surface area contributed by atoms with Crippen LogP contribution in [0.3, 0.4) is 0 Å². The lowest BCUT2D eigenvalue weighted by Crippen LogP contribution is -2.45. The van der Waals surface area contributed by atoms with E-state index in [4.69, 9.17) is 5.73 Å². The average Bonchev–Trinajstić information content (AvgIpc) is 3.16. The van der Waals surface area contributed by atoms with Crippen LogP contribution >= 0.6 is 0 Å². The highest BCUT2D eigenvalue weighted by Crippen LogP contribution is 2.48. The maximum atomic E-state index is 12.7. The molecular weight excluding hydrogens is 253 g/mol. The highest BCUT2D eigenvalue weighted by atomic mass is 19.4. The van der Waals surface area contributed by atoms with Crippen molar-refractivity contribution in [3.8, 4) is 0 Å². The molecule has 0 radical (unpaired) electrons. The summed E-state index contributed by atoms with van der Waals surface area (Å²) in [4.78, 5) is 0. The molecule has 106 valence electrons. The SMILES string of the molecule is NC(CCCNC1(C(F)(F)F)CC1)c1ccccc1. The second-order valence-corrected chi connectivity index (χ2v) is 5.17. The molecule has 1 aromatic carbocycles. The zero-order valence-electron chi connectivity index (χ0n) is 10.7. The molecule has 0 amide bonds. The van der Waals surface area contributed by atoms with Crippen LogP contribution in [0.1, 0.15) is 37.3 Å². The van der Waals surface area contributed by atoms with Crippen LogP contribution in [0.5, 0.6) is 0 Å². The molecule has 1 saturated carbocycles. The van der Waals surface area contributed by atoms with Gasteiger partial charge in [0.05, 0.1) is 0 Å².